The Morgan fingerprint density at radius 2 is 2.00 bits per heavy atom. The van der Waals surface area contributed by atoms with Crippen molar-refractivity contribution in [2.45, 2.75) is 32.2 Å². The summed E-state index contributed by atoms with van der Waals surface area (Å²) in [6.07, 6.45) is 5.39. The molecule has 0 aliphatic heterocycles. The van der Waals surface area contributed by atoms with E-state index in [4.69, 9.17) is 9.84 Å². The SMILES string of the molecule is CCC(COC)NC(=O)[C@@H]1CC=CC[C@@H]1C(=O)O. The zero-order valence-electron chi connectivity index (χ0n) is 10.9. The van der Waals surface area contributed by atoms with E-state index in [-0.39, 0.29) is 11.9 Å². The van der Waals surface area contributed by atoms with Crippen molar-refractivity contribution in [3.63, 3.8) is 0 Å². The lowest BCUT2D eigenvalue weighted by Gasteiger charge is -2.26. The third-order valence-electron chi connectivity index (χ3n) is 3.29. The maximum Gasteiger partial charge on any atom is 0.307 e. The molecule has 0 saturated carbocycles. The third-order valence-corrected chi connectivity index (χ3v) is 3.29. The molecule has 18 heavy (non-hydrogen) atoms. The quantitative estimate of drug-likeness (QED) is 0.699. The normalized spacial score (nSPS) is 24.6. The van der Waals surface area contributed by atoms with Gasteiger partial charge in [-0.2, -0.15) is 0 Å². The molecule has 0 spiro atoms. The summed E-state index contributed by atoms with van der Waals surface area (Å²) in [6, 6.07) is -0.0529. The predicted molar refractivity (Wildman–Crippen MR) is 67.1 cm³/mol. The molecule has 1 rings (SSSR count). The van der Waals surface area contributed by atoms with Gasteiger partial charge < -0.3 is 15.2 Å². The zero-order valence-corrected chi connectivity index (χ0v) is 10.9. The minimum absolute atomic E-state index is 0.0529. The standard InChI is InChI=1S/C13H21NO4/c1-3-9(8-18-2)14-12(15)10-6-4-5-7-11(10)13(16)17/h4-5,9-11H,3,6-8H2,1-2H3,(H,14,15)(H,16,17)/t9?,10-,11+/m1/s1. The van der Waals surface area contributed by atoms with Crippen molar-refractivity contribution in [2.24, 2.45) is 11.8 Å². The molecule has 0 aromatic carbocycles. The Hall–Kier alpha value is -1.36. The van der Waals surface area contributed by atoms with Crippen LogP contribution in [-0.4, -0.2) is 36.7 Å². The van der Waals surface area contributed by atoms with Gasteiger partial charge in [-0.15, -0.1) is 0 Å². The fourth-order valence-corrected chi connectivity index (χ4v) is 2.15. The van der Waals surface area contributed by atoms with E-state index in [0.29, 0.717) is 19.4 Å². The number of carbonyl (C=O) groups excluding carboxylic acids is 1. The molecule has 1 aliphatic carbocycles. The topological polar surface area (TPSA) is 75.6 Å². The zero-order chi connectivity index (χ0) is 13.5. The van der Waals surface area contributed by atoms with E-state index < -0.39 is 17.8 Å². The predicted octanol–water partition coefficient (Wildman–Crippen LogP) is 1.19. The third kappa shape index (κ3) is 3.84. The smallest absolute Gasteiger partial charge is 0.307 e. The van der Waals surface area contributed by atoms with E-state index in [0.717, 1.165) is 6.42 Å². The summed E-state index contributed by atoms with van der Waals surface area (Å²) in [6.45, 7) is 2.40. The molecular weight excluding hydrogens is 234 g/mol. The maximum atomic E-state index is 12.1. The average Bonchev–Trinajstić information content (AvgIpc) is 2.38. The Morgan fingerprint density at radius 3 is 2.50 bits per heavy atom. The molecule has 1 unspecified atom stereocenters. The van der Waals surface area contributed by atoms with Gasteiger partial charge in [-0.1, -0.05) is 19.1 Å². The van der Waals surface area contributed by atoms with Crippen molar-refractivity contribution in [2.75, 3.05) is 13.7 Å². The highest BCUT2D eigenvalue weighted by Gasteiger charge is 2.34. The van der Waals surface area contributed by atoms with Crippen molar-refractivity contribution >= 4 is 11.9 Å². The van der Waals surface area contributed by atoms with Crippen LogP contribution in [0.5, 0.6) is 0 Å². The molecular formula is C13H21NO4. The Bertz CT molecular complexity index is 327. The number of hydrogen-bond acceptors (Lipinski definition) is 3. The number of methoxy groups -OCH3 is 1. The Morgan fingerprint density at radius 1 is 1.39 bits per heavy atom. The summed E-state index contributed by atoms with van der Waals surface area (Å²) in [7, 11) is 1.58. The lowest BCUT2D eigenvalue weighted by molar-refractivity contribution is -0.147. The number of hydrogen-bond donors (Lipinski definition) is 2. The molecule has 0 saturated heterocycles. The van der Waals surface area contributed by atoms with Crippen LogP contribution < -0.4 is 5.32 Å². The molecule has 3 atom stereocenters. The van der Waals surface area contributed by atoms with E-state index in [9.17, 15) is 9.59 Å². The molecule has 1 amide bonds. The van der Waals surface area contributed by atoms with Crippen LogP contribution in [0.15, 0.2) is 12.2 Å². The molecule has 0 aromatic heterocycles. The van der Waals surface area contributed by atoms with Crippen LogP contribution in [0.2, 0.25) is 0 Å². The van der Waals surface area contributed by atoms with Gasteiger partial charge in [-0.25, -0.2) is 0 Å². The summed E-state index contributed by atoms with van der Waals surface area (Å²) in [4.78, 5) is 23.2. The molecule has 0 fully saturated rings. The summed E-state index contributed by atoms with van der Waals surface area (Å²) < 4.78 is 5.01. The van der Waals surface area contributed by atoms with Gasteiger partial charge in [0.05, 0.1) is 24.5 Å². The first kappa shape index (κ1) is 14.7. The number of aliphatic carboxylic acids is 1. The number of rotatable bonds is 6. The molecule has 0 bridgehead atoms. The molecule has 0 heterocycles. The van der Waals surface area contributed by atoms with Crippen LogP contribution in [0.4, 0.5) is 0 Å². The first-order valence-corrected chi connectivity index (χ1v) is 6.27. The molecule has 5 nitrogen and oxygen atoms in total. The van der Waals surface area contributed by atoms with Crippen LogP contribution in [0.1, 0.15) is 26.2 Å². The molecule has 0 aromatic rings. The summed E-state index contributed by atoms with van der Waals surface area (Å²) in [5.41, 5.74) is 0. The van der Waals surface area contributed by atoms with E-state index in [1.165, 1.54) is 0 Å². The van der Waals surface area contributed by atoms with Gasteiger partial charge in [0.1, 0.15) is 0 Å². The van der Waals surface area contributed by atoms with Crippen molar-refractivity contribution in [1.29, 1.82) is 0 Å². The van der Waals surface area contributed by atoms with E-state index in [1.807, 2.05) is 19.1 Å². The van der Waals surface area contributed by atoms with Gasteiger partial charge in [-0.05, 0) is 19.3 Å². The van der Waals surface area contributed by atoms with Crippen molar-refractivity contribution in [3.8, 4) is 0 Å². The minimum atomic E-state index is -0.903. The van der Waals surface area contributed by atoms with E-state index in [1.54, 1.807) is 7.11 Å². The number of carboxylic acid groups (broad SMARTS) is 1. The van der Waals surface area contributed by atoms with Crippen molar-refractivity contribution in [3.05, 3.63) is 12.2 Å². The first-order chi connectivity index (χ1) is 8.60. The summed E-state index contributed by atoms with van der Waals surface area (Å²) in [5.74, 6) is -2.18. The first-order valence-electron chi connectivity index (χ1n) is 6.27. The average molecular weight is 255 g/mol. The van der Waals surface area contributed by atoms with Crippen LogP contribution in [0, 0.1) is 11.8 Å². The minimum Gasteiger partial charge on any atom is -0.481 e. The van der Waals surface area contributed by atoms with Gasteiger partial charge in [-0.3, -0.25) is 9.59 Å². The van der Waals surface area contributed by atoms with Gasteiger partial charge in [0, 0.05) is 7.11 Å². The highest BCUT2D eigenvalue weighted by Crippen LogP contribution is 2.26. The van der Waals surface area contributed by atoms with Gasteiger partial charge in [0.2, 0.25) is 5.91 Å². The molecule has 102 valence electrons. The Balaban J connectivity index is 2.63. The highest BCUT2D eigenvalue weighted by molar-refractivity contribution is 5.85. The van der Waals surface area contributed by atoms with Gasteiger partial charge >= 0.3 is 5.97 Å². The number of carboxylic acids is 1. The van der Waals surface area contributed by atoms with Gasteiger partial charge in [0.25, 0.3) is 0 Å². The molecule has 0 radical (unpaired) electrons. The van der Waals surface area contributed by atoms with Crippen LogP contribution in [0.3, 0.4) is 0 Å². The second-order valence-electron chi connectivity index (χ2n) is 4.56. The lowest BCUT2D eigenvalue weighted by atomic mass is 9.82. The molecule has 5 heteroatoms. The number of allylic oxidation sites excluding steroid dienone is 2. The largest absolute Gasteiger partial charge is 0.481 e. The van der Waals surface area contributed by atoms with Crippen molar-refractivity contribution in [1.82, 2.24) is 5.32 Å². The molecule has 2 N–H and O–H groups in total. The number of amides is 1. The number of carbonyl (C=O) groups is 2. The Kier molecular flexibility index (Phi) is 5.85. The Labute approximate surface area is 107 Å². The second kappa shape index (κ2) is 7.16. The summed E-state index contributed by atoms with van der Waals surface area (Å²) >= 11 is 0. The fraction of sp³-hybridized carbons (Fsp3) is 0.692. The number of ether oxygens (including phenoxy) is 1. The number of nitrogens with one attached hydrogen (secondary N) is 1. The van der Waals surface area contributed by atoms with Gasteiger partial charge in [0.15, 0.2) is 0 Å². The van der Waals surface area contributed by atoms with E-state index >= 15 is 0 Å². The van der Waals surface area contributed by atoms with E-state index in [2.05, 4.69) is 5.32 Å². The second-order valence-corrected chi connectivity index (χ2v) is 4.56. The fourth-order valence-electron chi connectivity index (χ4n) is 2.15. The van der Waals surface area contributed by atoms with Crippen molar-refractivity contribution < 1.29 is 19.4 Å². The van der Waals surface area contributed by atoms with Crippen LogP contribution in [0.25, 0.3) is 0 Å². The monoisotopic (exact) mass is 255 g/mol. The highest BCUT2D eigenvalue weighted by atomic mass is 16.5. The summed E-state index contributed by atoms with van der Waals surface area (Å²) in [5, 5.41) is 12.0. The lowest BCUT2D eigenvalue weighted by Crippen LogP contribution is -2.44. The molecule has 1 aliphatic rings. The van der Waals surface area contributed by atoms with Crippen LogP contribution >= 0.6 is 0 Å². The van der Waals surface area contributed by atoms with Crippen LogP contribution in [-0.2, 0) is 14.3 Å². The maximum absolute atomic E-state index is 12.1.